The Morgan fingerprint density at radius 3 is 2.29 bits per heavy atom. The summed E-state index contributed by atoms with van der Waals surface area (Å²) in [7, 11) is 1.56. The number of benzene rings is 2. The molecular formula is C17H16O4. The van der Waals surface area contributed by atoms with Crippen LogP contribution in [-0.4, -0.2) is 25.5 Å². The second-order valence-corrected chi connectivity index (χ2v) is 4.54. The van der Waals surface area contributed by atoms with Crippen molar-refractivity contribution in [2.24, 2.45) is 0 Å². The standard InChI is InChI=1S/C17H16O4/c1-12-5-3-4-6-15(12)17(19)21-11-16(18)13-7-9-14(20-2)10-8-13/h3-10H,11H2,1-2H3. The second-order valence-electron chi connectivity index (χ2n) is 4.54. The van der Waals surface area contributed by atoms with Gasteiger partial charge in [-0.2, -0.15) is 0 Å². The number of carbonyl (C=O) groups is 2. The van der Waals surface area contributed by atoms with Crippen LogP contribution in [0, 0.1) is 6.92 Å². The Kier molecular flexibility index (Phi) is 4.72. The van der Waals surface area contributed by atoms with Gasteiger partial charge in [-0.1, -0.05) is 18.2 Å². The fourth-order valence-corrected chi connectivity index (χ4v) is 1.87. The molecular weight excluding hydrogens is 268 g/mol. The van der Waals surface area contributed by atoms with Gasteiger partial charge in [0.05, 0.1) is 12.7 Å². The normalized spacial score (nSPS) is 10.0. The first-order chi connectivity index (χ1) is 10.1. The van der Waals surface area contributed by atoms with Crippen LogP contribution in [0.5, 0.6) is 5.75 Å². The number of Topliss-reactive ketones (excluding diaryl/α,β-unsaturated/α-hetero) is 1. The lowest BCUT2D eigenvalue weighted by molar-refractivity contribution is 0.0474. The maximum Gasteiger partial charge on any atom is 0.338 e. The Balaban J connectivity index is 1.97. The van der Waals surface area contributed by atoms with Crippen molar-refractivity contribution < 1.29 is 19.1 Å². The fourth-order valence-electron chi connectivity index (χ4n) is 1.87. The van der Waals surface area contributed by atoms with Crippen molar-refractivity contribution in [2.75, 3.05) is 13.7 Å². The van der Waals surface area contributed by atoms with Crippen molar-refractivity contribution >= 4 is 11.8 Å². The lowest BCUT2D eigenvalue weighted by Gasteiger charge is -2.07. The van der Waals surface area contributed by atoms with Crippen LogP contribution < -0.4 is 4.74 Å². The van der Waals surface area contributed by atoms with E-state index in [4.69, 9.17) is 9.47 Å². The largest absolute Gasteiger partial charge is 0.497 e. The molecule has 0 N–H and O–H groups in total. The third-order valence-electron chi connectivity index (χ3n) is 3.11. The lowest BCUT2D eigenvalue weighted by atomic mass is 10.1. The Labute approximate surface area is 123 Å². The highest BCUT2D eigenvalue weighted by Crippen LogP contribution is 2.13. The minimum absolute atomic E-state index is 0.250. The molecule has 0 radical (unpaired) electrons. The topological polar surface area (TPSA) is 52.6 Å². The summed E-state index contributed by atoms with van der Waals surface area (Å²) in [5, 5.41) is 0. The molecule has 0 spiro atoms. The Hall–Kier alpha value is -2.62. The Morgan fingerprint density at radius 1 is 1.00 bits per heavy atom. The van der Waals surface area contributed by atoms with Crippen LogP contribution >= 0.6 is 0 Å². The smallest absolute Gasteiger partial charge is 0.338 e. The van der Waals surface area contributed by atoms with Crippen molar-refractivity contribution in [3.8, 4) is 5.75 Å². The summed E-state index contributed by atoms with van der Waals surface area (Å²) in [4.78, 5) is 23.9. The first kappa shape index (κ1) is 14.8. The third kappa shape index (κ3) is 3.69. The number of esters is 1. The molecule has 21 heavy (non-hydrogen) atoms. The molecule has 0 heterocycles. The average molecular weight is 284 g/mol. The van der Waals surface area contributed by atoms with E-state index in [0.717, 1.165) is 5.56 Å². The van der Waals surface area contributed by atoms with Crippen molar-refractivity contribution in [2.45, 2.75) is 6.92 Å². The molecule has 0 bridgehead atoms. The maximum absolute atomic E-state index is 11.9. The maximum atomic E-state index is 11.9. The van der Waals surface area contributed by atoms with Gasteiger partial charge in [0.1, 0.15) is 5.75 Å². The highest BCUT2D eigenvalue weighted by Gasteiger charge is 2.13. The van der Waals surface area contributed by atoms with Crippen LogP contribution in [0.3, 0.4) is 0 Å². The fraction of sp³-hybridized carbons (Fsp3) is 0.176. The van der Waals surface area contributed by atoms with Gasteiger partial charge in [-0.3, -0.25) is 4.79 Å². The first-order valence-corrected chi connectivity index (χ1v) is 6.52. The number of ether oxygens (including phenoxy) is 2. The molecule has 2 aromatic carbocycles. The van der Waals surface area contributed by atoms with Crippen molar-refractivity contribution in [1.29, 1.82) is 0 Å². The Morgan fingerprint density at radius 2 is 1.67 bits per heavy atom. The zero-order valence-corrected chi connectivity index (χ0v) is 12.0. The average Bonchev–Trinajstić information content (AvgIpc) is 2.52. The monoisotopic (exact) mass is 284 g/mol. The summed E-state index contributed by atoms with van der Waals surface area (Å²) in [5.41, 5.74) is 1.77. The predicted molar refractivity (Wildman–Crippen MR) is 78.8 cm³/mol. The van der Waals surface area contributed by atoms with Crippen molar-refractivity contribution in [3.63, 3.8) is 0 Å². The summed E-state index contributed by atoms with van der Waals surface area (Å²) in [5.74, 6) is -0.0713. The van der Waals surface area contributed by atoms with E-state index in [1.165, 1.54) is 0 Å². The van der Waals surface area contributed by atoms with E-state index in [2.05, 4.69) is 0 Å². The number of methoxy groups -OCH3 is 1. The molecule has 0 unspecified atom stereocenters. The molecule has 0 aliphatic heterocycles. The lowest BCUT2D eigenvalue weighted by Crippen LogP contribution is -2.15. The zero-order chi connectivity index (χ0) is 15.2. The van der Waals surface area contributed by atoms with Crippen LogP contribution in [0.2, 0.25) is 0 Å². The van der Waals surface area contributed by atoms with Gasteiger partial charge in [0, 0.05) is 5.56 Å². The van der Waals surface area contributed by atoms with E-state index < -0.39 is 5.97 Å². The van der Waals surface area contributed by atoms with E-state index in [9.17, 15) is 9.59 Å². The molecule has 0 saturated heterocycles. The van der Waals surface area contributed by atoms with Gasteiger partial charge >= 0.3 is 5.97 Å². The zero-order valence-electron chi connectivity index (χ0n) is 12.0. The molecule has 4 heteroatoms. The second kappa shape index (κ2) is 6.70. The van der Waals surface area contributed by atoms with E-state index in [0.29, 0.717) is 16.9 Å². The van der Waals surface area contributed by atoms with Gasteiger partial charge in [0.25, 0.3) is 0 Å². The van der Waals surface area contributed by atoms with E-state index in [1.54, 1.807) is 43.5 Å². The highest BCUT2D eigenvalue weighted by atomic mass is 16.5. The van der Waals surface area contributed by atoms with Crippen LogP contribution in [0.4, 0.5) is 0 Å². The van der Waals surface area contributed by atoms with Crippen molar-refractivity contribution in [1.82, 2.24) is 0 Å². The van der Waals surface area contributed by atoms with Crippen LogP contribution in [0.15, 0.2) is 48.5 Å². The summed E-state index contributed by atoms with van der Waals surface area (Å²) >= 11 is 0. The van der Waals surface area contributed by atoms with Crippen LogP contribution in [0.25, 0.3) is 0 Å². The number of carbonyl (C=O) groups excluding carboxylic acids is 2. The number of rotatable bonds is 5. The van der Waals surface area contributed by atoms with E-state index >= 15 is 0 Å². The molecule has 0 aromatic heterocycles. The Bertz CT molecular complexity index is 644. The molecule has 2 aromatic rings. The molecule has 0 aliphatic rings. The molecule has 0 saturated carbocycles. The molecule has 108 valence electrons. The summed E-state index contributed by atoms with van der Waals surface area (Å²) in [6.45, 7) is 1.54. The van der Waals surface area contributed by atoms with Gasteiger partial charge in [-0.05, 0) is 42.8 Å². The minimum atomic E-state index is -0.491. The van der Waals surface area contributed by atoms with Crippen LogP contribution in [-0.2, 0) is 4.74 Å². The molecule has 4 nitrogen and oxygen atoms in total. The van der Waals surface area contributed by atoms with Gasteiger partial charge in [-0.25, -0.2) is 4.79 Å². The van der Waals surface area contributed by atoms with Crippen molar-refractivity contribution in [3.05, 3.63) is 65.2 Å². The molecule has 0 amide bonds. The van der Waals surface area contributed by atoms with Gasteiger partial charge in [0.15, 0.2) is 12.4 Å². The molecule has 0 aliphatic carbocycles. The first-order valence-electron chi connectivity index (χ1n) is 6.52. The van der Waals surface area contributed by atoms with Gasteiger partial charge in [-0.15, -0.1) is 0 Å². The summed E-state index contributed by atoms with van der Waals surface area (Å²) in [6, 6.07) is 13.8. The summed E-state index contributed by atoms with van der Waals surface area (Å²) in [6.07, 6.45) is 0. The molecule has 0 atom stereocenters. The minimum Gasteiger partial charge on any atom is -0.497 e. The van der Waals surface area contributed by atoms with Gasteiger partial charge in [0.2, 0.25) is 0 Å². The van der Waals surface area contributed by atoms with Gasteiger partial charge < -0.3 is 9.47 Å². The number of aryl methyl sites for hydroxylation is 1. The highest BCUT2D eigenvalue weighted by molar-refractivity contribution is 5.99. The number of ketones is 1. The van der Waals surface area contributed by atoms with Crippen LogP contribution in [0.1, 0.15) is 26.3 Å². The number of hydrogen-bond donors (Lipinski definition) is 0. The summed E-state index contributed by atoms with van der Waals surface area (Å²) < 4.78 is 10.1. The third-order valence-corrected chi connectivity index (χ3v) is 3.11. The molecule has 0 fully saturated rings. The predicted octanol–water partition coefficient (Wildman–Crippen LogP) is 3.04. The number of hydrogen-bond acceptors (Lipinski definition) is 4. The quantitative estimate of drug-likeness (QED) is 0.625. The van der Waals surface area contributed by atoms with E-state index in [1.807, 2.05) is 19.1 Å². The SMILES string of the molecule is COc1ccc(C(=O)COC(=O)c2ccccc2C)cc1. The van der Waals surface area contributed by atoms with E-state index in [-0.39, 0.29) is 12.4 Å². The molecule has 2 rings (SSSR count).